The van der Waals surface area contributed by atoms with Gasteiger partial charge in [-0.15, -0.1) is 0 Å². The highest BCUT2D eigenvalue weighted by Gasteiger charge is 2.64. The van der Waals surface area contributed by atoms with E-state index in [0.717, 1.165) is 0 Å². The molecule has 0 bridgehead atoms. The Morgan fingerprint density at radius 3 is 2.52 bits per heavy atom. The number of fused-ring (bicyclic) bond motifs is 1. The molecule has 0 aromatic carbocycles. The van der Waals surface area contributed by atoms with Gasteiger partial charge in [0, 0.05) is 10.8 Å². The van der Waals surface area contributed by atoms with E-state index >= 15 is 0 Å². The van der Waals surface area contributed by atoms with E-state index in [0.29, 0.717) is 12.8 Å². The number of esters is 1. The highest BCUT2D eigenvalue weighted by atomic mass is 16.5. The van der Waals surface area contributed by atoms with Gasteiger partial charge in [0.15, 0.2) is 0 Å². The van der Waals surface area contributed by atoms with Gasteiger partial charge < -0.3 is 20.1 Å². The van der Waals surface area contributed by atoms with Gasteiger partial charge in [-0.05, 0) is 31.1 Å². The van der Waals surface area contributed by atoms with E-state index < -0.39 is 52.6 Å². The van der Waals surface area contributed by atoms with E-state index in [1.807, 2.05) is 0 Å². The minimum Gasteiger partial charge on any atom is -0.481 e. The summed E-state index contributed by atoms with van der Waals surface area (Å²) in [5, 5.41) is 29.6. The van der Waals surface area contributed by atoms with E-state index in [-0.39, 0.29) is 24.9 Å². The van der Waals surface area contributed by atoms with Crippen LogP contribution in [0.25, 0.3) is 0 Å². The summed E-state index contributed by atoms with van der Waals surface area (Å²) in [4.78, 5) is 36.0. The van der Waals surface area contributed by atoms with Crippen LogP contribution >= 0.6 is 0 Å². The van der Waals surface area contributed by atoms with Crippen molar-refractivity contribution >= 4 is 17.9 Å². The summed E-state index contributed by atoms with van der Waals surface area (Å²) >= 11 is 0. The topological polar surface area (TPSA) is 121 Å². The smallest absolute Gasteiger partial charge is 0.310 e. The average molecular weight is 380 g/mol. The number of ether oxygens (including phenoxy) is 1. The Labute approximate surface area is 158 Å². The van der Waals surface area contributed by atoms with Crippen molar-refractivity contribution in [2.45, 2.75) is 46.1 Å². The number of aliphatic hydroxyl groups is 1. The fraction of sp³-hybridized carbons (Fsp3) is 0.750. The average Bonchev–Trinajstić information content (AvgIpc) is 2.96. The van der Waals surface area contributed by atoms with Gasteiger partial charge in [-0.2, -0.15) is 0 Å². The summed E-state index contributed by atoms with van der Waals surface area (Å²) in [5.74, 6) is -4.81. The van der Waals surface area contributed by atoms with E-state index in [9.17, 15) is 29.7 Å². The van der Waals surface area contributed by atoms with E-state index in [2.05, 4.69) is 0 Å². The standard InChI is InChI=1S/C20H28O7/c1-10(16(22)23)11-4-5-13(12(8-11)17(24)25)20-7-6-14(21)19(2,3)15(20)18(26)27-9-20/h6-7,10-15,21H,4-5,8-9H2,1-3H3,(H,22,23)(H,24,25). The molecule has 3 N–H and O–H groups in total. The second-order valence-electron chi connectivity index (χ2n) is 9.03. The van der Waals surface area contributed by atoms with Gasteiger partial charge in [-0.1, -0.05) is 32.9 Å². The van der Waals surface area contributed by atoms with Crippen molar-refractivity contribution in [1.82, 2.24) is 0 Å². The van der Waals surface area contributed by atoms with Crippen LogP contribution in [0.1, 0.15) is 40.0 Å². The normalized spacial score (nSPS) is 41.5. The number of hydrogen-bond acceptors (Lipinski definition) is 5. The summed E-state index contributed by atoms with van der Waals surface area (Å²) < 4.78 is 5.39. The maximum Gasteiger partial charge on any atom is 0.310 e. The number of cyclic esters (lactones) is 1. The lowest BCUT2D eigenvalue weighted by atomic mass is 9.50. The zero-order chi connectivity index (χ0) is 20.1. The molecule has 1 saturated heterocycles. The molecular weight excluding hydrogens is 352 g/mol. The lowest BCUT2D eigenvalue weighted by Crippen LogP contribution is -2.55. The first-order chi connectivity index (χ1) is 12.5. The van der Waals surface area contributed by atoms with Crippen LogP contribution in [0, 0.1) is 40.4 Å². The van der Waals surface area contributed by atoms with E-state index in [4.69, 9.17) is 4.74 Å². The highest BCUT2D eigenvalue weighted by molar-refractivity contribution is 5.79. The molecule has 7 unspecified atom stereocenters. The largest absolute Gasteiger partial charge is 0.481 e. The van der Waals surface area contributed by atoms with Crippen LogP contribution in [0.5, 0.6) is 0 Å². The summed E-state index contributed by atoms with van der Waals surface area (Å²) in [6, 6.07) is 0. The van der Waals surface area contributed by atoms with Crippen molar-refractivity contribution in [3.8, 4) is 0 Å². The first-order valence-electron chi connectivity index (χ1n) is 9.52. The molecule has 1 saturated carbocycles. The van der Waals surface area contributed by atoms with Gasteiger partial charge in [0.05, 0.1) is 23.9 Å². The van der Waals surface area contributed by atoms with Gasteiger partial charge in [0.25, 0.3) is 0 Å². The third-order valence-corrected chi connectivity index (χ3v) is 7.33. The quantitative estimate of drug-likeness (QED) is 0.503. The number of hydrogen-bond donors (Lipinski definition) is 3. The van der Waals surface area contributed by atoms with Crippen LogP contribution in [0.15, 0.2) is 12.2 Å². The first-order valence-corrected chi connectivity index (χ1v) is 9.52. The molecule has 150 valence electrons. The Bertz CT molecular complexity index is 682. The third-order valence-electron chi connectivity index (χ3n) is 7.33. The molecule has 2 fully saturated rings. The number of aliphatic carboxylic acids is 2. The van der Waals surface area contributed by atoms with Crippen molar-refractivity contribution in [2.24, 2.45) is 40.4 Å². The molecule has 7 atom stereocenters. The van der Waals surface area contributed by atoms with Gasteiger partial charge in [0.1, 0.15) is 6.61 Å². The zero-order valence-electron chi connectivity index (χ0n) is 15.9. The molecule has 2 aliphatic carbocycles. The summed E-state index contributed by atoms with van der Waals surface area (Å²) in [5.41, 5.74) is -1.54. The lowest BCUT2D eigenvalue weighted by molar-refractivity contribution is -0.156. The summed E-state index contributed by atoms with van der Waals surface area (Å²) in [6.07, 6.45) is 4.02. The minimum atomic E-state index is -0.966. The molecule has 0 radical (unpaired) electrons. The predicted molar refractivity (Wildman–Crippen MR) is 94.6 cm³/mol. The van der Waals surface area contributed by atoms with Crippen LogP contribution in [-0.4, -0.2) is 45.9 Å². The zero-order valence-corrected chi connectivity index (χ0v) is 15.9. The molecular formula is C20H28O7. The predicted octanol–water partition coefficient (Wildman–Crippen LogP) is 1.94. The molecule has 1 aliphatic heterocycles. The van der Waals surface area contributed by atoms with Crippen LogP contribution in [-0.2, 0) is 19.1 Å². The Hall–Kier alpha value is -1.89. The molecule has 3 rings (SSSR count). The maximum atomic E-state index is 12.6. The fourth-order valence-corrected chi connectivity index (χ4v) is 5.63. The third kappa shape index (κ3) is 2.96. The number of carboxylic acids is 2. The molecule has 0 aromatic heterocycles. The SMILES string of the molecule is CC(C(=O)O)C1CCC(C23C=CC(O)C(C)(C)C2C(=O)OC3)C(C(=O)O)C1. The lowest BCUT2D eigenvalue weighted by Gasteiger charge is -2.51. The second-order valence-corrected chi connectivity index (χ2v) is 9.03. The van der Waals surface area contributed by atoms with Crippen molar-refractivity contribution in [2.75, 3.05) is 6.61 Å². The first kappa shape index (κ1) is 19.9. The number of carbonyl (C=O) groups excluding carboxylic acids is 1. The number of carboxylic acid groups (broad SMARTS) is 2. The number of aliphatic hydroxyl groups excluding tert-OH is 1. The maximum absolute atomic E-state index is 12.6. The summed E-state index contributed by atoms with van der Waals surface area (Å²) in [6.45, 7) is 5.34. The van der Waals surface area contributed by atoms with Crippen LogP contribution < -0.4 is 0 Å². The van der Waals surface area contributed by atoms with Crippen molar-refractivity contribution in [3.63, 3.8) is 0 Å². The molecule has 27 heavy (non-hydrogen) atoms. The molecule has 0 amide bonds. The van der Waals surface area contributed by atoms with Gasteiger partial charge in [0.2, 0.25) is 0 Å². The van der Waals surface area contributed by atoms with E-state index in [1.165, 1.54) is 0 Å². The minimum absolute atomic E-state index is 0.108. The van der Waals surface area contributed by atoms with Crippen molar-refractivity contribution in [1.29, 1.82) is 0 Å². The van der Waals surface area contributed by atoms with Gasteiger partial charge >= 0.3 is 17.9 Å². The summed E-state index contributed by atoms with van der Waals surface area (Å²) in [7, 11) is 0. The second kappa shape index (κ2) is 6.62. The Balaban J connectivity index is 1.98. The highest BCUT2D eigenvalue weighted by Crippen LogP contribution is 2.60. The number of rotatable bonds is 4. The van der Waals surface area contributed by atoms with Crippen LogP contribution in [0.3, 0.4) is 0 Å². The Morgan fingerprint density at radius 1 is 1.26 bits per heavy atom. The molecule has 0 aromatic rings. The molecule has 7 nitrogen and oxygen atoms in total. The van der Waals surface area contributed by atoms with Gasteiger partial charge in [-0.25, -0.2) is 0 Å². The van der Waals surface area contributed by atoms with Crippen molar-refractivity contribution in [3.05, 3.63) is 12.2 Å². The molecule has 3 aliphatic rings. The monoisotopic (exact) mass is 380 g/mol. The van der Waals surface area contributed by atoms with E-state index in [1.54, 1.807) is 32.9 Å². The Morgan fingerprint density at radius 2 is 1.93 bits per heavy atom. The number of carbonyl (C=O) groups is 3. The molecule has 1 heterocycles. The van der Waals surface area contributed by atoms with Crippen LogP contribution in [0.4, 0.5) is 0 Å². The van der Waals surface area contributed by atoms with Crippen LogP contribution in [0.2, 0.25) is 0 Å². The molecule has 7 heteroatoms. The molecule has 0 spiro atoms. The van der Waals surface area contributed by atoms with Gasteiger partial charge in [-0.3, -0.25) is 14.4 Å². The fourth-order valence-electron chi connectivity index (χ4n) is 5.63. The Kier molecular flexibility index (Phi) is 4.87. The van der Waals surface area contributed by atoms with Crippen molar-refractivity contribution < 1.29 is 34.4 Å².